The molecule has 1 heterocycles. The summed E-state index contributed by atoms with van der Waals surface area (Å²) in [6.45, 7) is 0. The van der Waals surface area contributed by atoms with E-state index in [0.29, 0.717) is 21.2 Å². The summed E-state index contributed by atoms with van der Waals surface area (Å²) in [7, 11) is 0. The van der Waals surface area contributed by atoms with Crippen LogP contribution in [0.2, 0.25) is 10.0 Å². The van der Waals surface area contributed by atoms with E-state index in [1.165, 1.54) is 12.3 Å². The van der Waals surface area contributed by atoms with Crippen LogP contribution in [0.4, 0.5) is 5.82 Å². The van der Waals surface area contributed by atoms with Gasteiger partial charge in [-0.15, -0.1) is 0 Å². The summed E-state index contributed by atoms with van der Waals surface area (Å²) < 4.78 is 0. The molecule has 6 heteroatoms. The van der Waals surface area contributed by atoms with Gasteiger partial charge >= 0.3 is 5.97 Å². The van der Waals surface area contributed by atoms with E-state index in [9.17, 15) is 4.79 Å². The molecule has 0 fully saturated rings. The van der Waals surface area contributed by atoms with Crippen LogP contribution in [0.15, 0.2) is 30.5 Å². The highest BCUT2D eigenvalue weighted by Crippen LogP contribution is 2.32. The van der Waals surface area contributed by atoms with E-state index in [2.05, 4.69) is 4.98 Å². The molecule has 3 N–H and O–H groups in total. The van der Waals surface area contributed by atoms with Crippen molar-refractivity contribution in [1.82, 2.24) is 4.98 Å². The Bertz CT molecular complexity index is 629. The van der Waals surface area contributed by atoms with Crippen LogP contribution in [0.3, 0.4) is 0 Å². The van der Waals surface area contributed by atoms with Gasteiger partial charge in [0.1, 0.15) is 5.82 Å². The van der Waals surface area contributed by atoms with Crippen LogP contribution in [0.1, 0.15) is 10.4 Å². The van der Waals surface area contributed by atoms with Crippen molar-refractivity contribution in [2.45, 2.75) is 0 Å². The van der Waals surface area contributed by atoms with Gasteiger partial charge in [-0.05, 0) is 18.2 Å². The molecule has 0 bridgehead atoms. The van der Waals surface area contributed by atoms with Gasteiger partial charge < -0.3 is 10.8 Å². The Balaban J connectivity index is 2.67. The van der Waals surface area contributed by atoms with Crippen LogP contribution in [0.5, 0.6) is 0 Å². The average molecular weight is 283 g/mol. The molecule has 92 valence electrons. The van der Waals surface area contributed by atoms with E-state index in [4.69, 9.17) is 34.0 Å². The molecule has 0 aliphatic rings. The third-order valence-electron chi connectivity index (χ3n) is 2.38. The Kier molecular flexibility index (Phi) is 3.41. The lowest BCUT2D eigenvalue weighted by Gasteiger charge is -2.08. The first-order valence-electron chi connectivity index (χ1n) is 4.93. The van der Waals surface area contributed by atoms with Crippen LogP contribution in [0.25, 0.3) is 11.1 Å². The molecule has 0 spiro atoms. The largest absolute Gasteiger partial charge is 0.478 e. The lowest BCUT2D eigenvalue weighted by Crippen LogP contribution is -2.03. The molecular weight excluding hydrogens is 275 g/mol. The summed E-state index contributed by atoms with van der Waals surface area (Å²) >= 11 is 11.8. The number of nitrogens with two attached hydrogens (primary N) is 1. The number of carbonyl (C=O) groups is 1. The van der Waals surface area contributed by atoms with Crippen LogP contribution >= 0.6 is 23.2 Å². The lowest BCUT2D eigenvalue weighted by atomic mass is 10.0. The van der Waals surface area contributed by atoms with Crippen LogP contribution in [-0.4, -0.2) is 16.1 Å². The number of aromatic nitrogens is 1. The molecule has 0 atom stereocenters. The summed E-state index contributed by atoms with van der Waals surface area (Å²) in [5, 5.41) is 9.98. The number of pyridine rings is 1. The number of aromatic carboxylic acids is 1. The molecule has 0 saturated heterocycles. The molecule has 0 aliphatic carbocycles. The van der Waals surface area contributed by atoms with Crippen molar-refractivity contribution in [1.29, 1.82) is 0 Å². The number of rotatable bonds is 2. The maximum absolute atomic E-state index is 11.2. The quantitative estimate of drug-likeness (QED) is 0.886. The van der Waals surface area contributed by atoms with Gasteiger partial charge in [0.2, 0.25) is 0 Å². The Hall–Kier alpha value is -1.78. The van der Waals surface area contributed by atoms with Crippen molar-refractivity contribution in [3.05, 3.63) is 46.1 Å². The SMILES string of the molecule is Nc1cc(C(=O)O)c(-c2ccc(Cl)cc2Cl)cn1. The van der Waals surface area contributed by atoms with E-state index in [1.54, 1.807) is 18.2 Å². The molecule has 4 nitrogen and oxygen atoms in total. The maximum Gasteiger partial charge on any atom is 0.336 e. The topological polar surface area (TPSA) is 76.2 Å². The first-order valence-corrected chi connectivity index (χ1v) is 5.69. The summed E-state index contributed by atoms with van der Waals surface area (Å²) in [5.74, 6) is -0.952. The summed E-state index contributed by atoms with van der Waals surface area (Å²) in [6.07, 6.45) is 1.38. The van der Waals surface area contributed by atoms with E-state index < -0.39 is 5.97 Å². The van der Waals surface area contributed by atoms with Gasteiger partial charge in [-0.25, -0.2) is 9.78 Å². The fraction of sp³-hybridized carbons (Fsp3) is 0. The Labute approximate surface area is 113 Å². The van der Waals surface area contributed by atoms with E-state index in [-0.39, 0.29) is 11.4 Å². The van der Waals surface area contributed by atoms with Gasteiger partial charge in [0.05, 0.1) is 5.56 Å². The molecule has 2 rings (SSSR count). The molecule has 0 aliphatic heterocycles. The third-order valence-corrected chi connectivity index (χ3v) is 2.92. The molecule has 0 saturated carbocycles. The molecular formula is C12H8Cl2N2O2. The minimum Gasteiger partial charge on any atom is -0.478 e. The first kappa shape index (κ1) is 12.7. The van der Waals surface area contributed by atoms with Gasteiger partial charge in [-0.1, -0.05) is 29.3 Å². The van der Waals surface area contributed by atoms with E-state index >= 15 is 0 Å². The number of nitrogen functional groups attached to an aromatic ring is 1. The monoisotopic (exact) mass is 282 g/mol. The normalized spacial score (nSPS) is 10.3. The molecule has 18 heavy (non-hydrogen) atoms. The van der Waals surface area contributed by atoms with E-state index in [1.807, 2.05) is 0 Å². The molecule has 0 amide bonds. The van der Waals surface area contributed by atoms with Gasteiger partial charge in [-0.3, -0.25) is 0 Å². The molecule has 0 radical (unpaired) electrons. The number of nitrogens with zero attached hydrogens (tertiary/aromatic N) is 1. The standard InChI is InChI=1S/C12H8Cl2N2O2/c13-6-1-2-7(10(14)3-6)9-5-16-11(15)4-8(9)12(17)18/h1-5H,(H2,15,16)(H,17,18). The molecule has 0 unspecified atom stereocenters. The second kappa shape index (κ2) is 4.84. The number of carboxylic acids is 1. The smallest absolute Gasteiger partial charge is 0.336 e. The average Bonchev–Trinajstić information content (AvgIpc) is 2.29. The van der Waals surface area contributed by atoms with Crippen molar-refractivity contribution in [3.8, 4) is 11.1 Å². The van der Waals surface area contributed by atoms with Gasteiger partial charge in [0, 0.05) is 27.4 Å². The fourth-order valence-corrected chi connectivity index (χ4v) is 2.08. The van der Waals surface area contributed by atoms with Crippen LogP contribution in [-0.2, 0) is 0 Å². The Morgan fingerprint density at radius 1 is 1.22 bits per heavy atom. The van der Waals surface area contributed by atoms with E-state index in [0.717, 1.165) is 0 Å². The van der Waals surface area contributed by atoms with Gasteiger partial charge in [0.15, 0.2) is 0 Å². The Morgan fingerprint density at radius 2 is 1.94 bits per heavy atom. The molecule has 1 aromatic carbocycles. The summed E-state index contributed by atoms with van der Waals surface area (Å²) in [6, 6.07) is 6.11. The fourth-order valence-electron chi connectivity index (χ4n) is 1.57. The lowest BCUT2D eigenvalue weighted by molar-refractivity contribution is 0.0697. The predicted octanol–water partition coefficient (Wildman–Crippen LogP) is 3.34. The number of halogens is 2. The zero-order valence-electron chi connectivity index (χ0n) is 9.02. The number of hydrogen-bond acceptors (Lipinski definition) is 3. The van der Waals surface area contributed by atoms with Crippen LogP contribution < -0.4 is 5.73 Å². The predicted molar refractivity (Wildman–Crippen MR) is 71.1 cm³/mol. The van der Waals surface area contributed by atoms with Crippen molar-refractivity contribution >= 4 is 35.0 Å². The Morgan fingerprint density at radius 3 is 2.56 bits per heavy atom. The minimum absolute atomic E-state index is 0.0479. The van der Waals surface area contributed by atoms with Crippen LogP contribution in [0, 0.1) is 0 Å². The first-order chi connectivity index (χ1) is 8.49. The summed E-state index contributed by atoms with van der Waals surface area (Å²) in [5.41, 5.74) is 6.47. The number of carboxylic acid groups (broad SMARTS) is 1. The highest BCUT2D eigenvalue weighted by Gasteiger charge is 2.15. The molecule has 1 aromatic heterocycles. The zero-order valence-corrected chi connectivity index (χ0v) is 10.5. The third kappa shape index (κ3) is 2.39. The minimum atomic E-state index is -1.09. The highest BCUT2D eigenvalue weighted by atomic mass is 35.5. The highest BCUT2D eigenvalue weighted by molar-refractivity contribution is 6.36. The number of benzene rings is 1. The number of hydrogen-bond donors (Lipinski definition) is 2. The zero-order chi connectivity index (χ0) is 13.3. The van der Waals surface area contributed by atoms with Gasteiger partial charge in [0.25, 0.3) is 0 Å². The maximum atomic E-state index is 11.2. The van der Waals surface area contributed by atoms with Crippen molar-refractivity contribution in [2.75, 3.05) is 5.73 Å². The second-order valence-corrected chi connectivity index (χ2v) is 4.43. The molecule has 2 aromatic rings. The van der Waals surface area contributed by atoms with Crippen molar-refractivity contribution in [2.24, 2.45) is 0 Å². The van der Waals surface area contributed by atoms with Crippen molar-refractivity contribution in [3.63, 3.8) is 0 Å². The van der Waals surface area contributed by atoms with Gasteiger partial charge in [-0.2, -0.15) is 0 Å². The summed E-state index contributed by atoms with van der Waals surface area (Å²) in [4.78, 5) is 15.1. The number of anilines is 1. The second-order valence-electron chi connectivity index (χ2n) is 3.58. The van der Waals surface area contributed by atoms with Crippen molar-refractivity contribution < 1.29 is 9.90 Å².